The van der Waals surface area contributed by atoms with Crippen molar-refractivity contribution in [2.24, 2.45) is 5.92 Å². The zero-order valence-corrected chi connectivity index (χ0v) is 15.8. The van der Waals surface area contributed by atoms with Gasteiger partial charge < -0.3 is 4.90 Å². The number of hydrogen-bond donors (Lipinski definition) is 1. The Morgan fingerprint density at radius 2 is 1.88 bits per heavy atom. The van der Waals surface area contributed by atoms with Crippen molar-refractivity contribution in [1.29, 1.82) is 0 Å². The molecule has 26 heavy (non-hydrogen) atoms. The minimum Gasteiger partial charge on any atom is -0.352 e. The van der Waals surface area contributed by atoms with Crippen LogP contribution in [0.2, 0.25) is 5.02 Å². The van der Waals surface area contributed by atoms with Crippen molar-refractivity contribution in [3.05, 3.63) is 71.2 Å². The number of aromatic nitrogens is 2. The van der Waals surface area contributed by atoms with Crippen molar-refractivity contribution < 1.29 is 0 Å². The zero-order valence-electron chi connectivity index (χ0n) is 15.0. The lowest BCUT2D eigenvalue weighted by molar-refractivity contribution is 0.359. The number of aromatic amines is 1. The third-order valence-corrected chi connectivity index (χ3v) is 5.56. The van der Waals surface area contributed by atoms with Gasteiger partial charge in [0.05, 0.1) is 5.69 Å². The van der Waals surface area contributed by atoms with Crippen molar-refractivity contribution in [2.75, 3.05) is 11.4 Å². The van der Waals surface area contributed by atoms with Crippen LogP contribution < -0.4 is 4.90 Å². The third kappa shape index (κ3) is 3.78. The Balaban J connectivity index is 1.57. The van der Waals surface area contributed by atoms with Gasteiger partial charge in [0, 0.05) is 23.7 Å². The van der Waals surface area contributed by atoms with Gasteiger partial charge in [0.25, 0.3) is 0 Å². The van der Waals surface area contributed by atoms with E-state index in [0.717, 1.165) is 41.0 Å². The molecule has 1 aromatic heterocycles. The fraction of sp³-hybridized carbons (Fsp3) is 0.318. The number of rotatable bonds is 4. The Morgan fingerprint density at radius 1 is 1.12 bits per heavy atom. The average Bonchev–Trinajstić information content (AvgIpc) is 3.13. The molecular formula is C22H24ClN3. The van der Waals surface area contributed by atoms with Crippen LogP contribution in [0.4, 0.5) is 5.82 Å². The van der Waals surface area contributed by atoms with Crippen LogP contribution in [0.15, 0.2) is 60.7 Å². The maximum atomic E-state index is 6.00. The molecule has 1 fully saturated rings. The van der Waals surface area contributed by atoms with Crippen LogP contribution in [0.5, 0.6) is 0 Å². The first-order valence-corrected chi connectivity index (χ1v) is 9.69. The summed E-state index contributed by atoms with van der Waals surface area (Å²) in [5.41, 5.74) is 3.54. The largest absolute Gasteiger partial charge is 0.352 e. The van der Waals surface area contributed by atoms with Crippen LogP contribution in [-0.4, -0.2) is 22.8 Å². The summed E-state index contributed by atoms with van der Waals surface area (Å²) in [7, 11) is 0. The number of hydrogen-bond acceptors (Lipinski definition) is 2. The van der Waals surface area contributed by atoms with Crippen LogP contribution in [0, 0.1) is 5.92 Å². The summed E-state index contributed by atoms with van der Waals surface area (Å²) in [6.45, 7) is 3.42. The van der Waals surface area contributed by atoms with Gasteiger partial charge in [-0.25, -0.2) is 0 Å². The molecule has 134 valence electrons. The number of piperidine rings is 1. The van der Waals surface area contributed by atoms with Crippen LogP contribution >= 0.6 is 11.6 Å². The second kappa shape index (κ2) is 7.55. The lowest BCUT2D eigenvalue weighted by Gasteiger charge is -2.39. The van der Waals surface area contributed by atoms with Gasteiger partial charge >= 0.3 is 0 Å². The molecule has 0 saturated carbocycles. The molecule has 2 atom stereocenters. The highest BCUT2D eigenvalue weighted by atomic mass is 35.5. The van der Waals surface area contributed by atoms with Gasteiger partial charge in [0.15, 0.2) is 5.82 Å². The molecule has 2 heterocycles. The van der Waals surface area contributed by atoms with E-state index in [4.69, 9.17) is 11.6 Å². The first kappa shape index (κ1) is 17.2. The summed E-state index contributed by atoms with van der Waals surface area (Å²) in [6.07, 6.45) is 3.49. The van der Waals surface area contributed by atoms with E-state index in [-0.39, 0.29) is 0 Å². The lowest BCUT2D eigenvalue weighted by Crippen LogP contribution is -2.43. The van der Waals surface area contributed by atoms with E-state index < -0.39 is 0 Å². The molecule has 4 rings (SSSR count). The normalized spacial score (nSPS) is 20.3. The Morgan fingerprint density at radius 3 is 2.65 bits per heavy atom. The SMILES string of the molecule is CC1CCN(c2cc(-c3ccc(Cl)cc3)[nH]n2)C(Cc2ccccc2)C1. The molecule has 0 aliphatic carbocycles. The van der Waals surface area contributed by atoms with Gasteiger partial charge in [-0.2, -0.15) is 5.10 Å². The van der Waals surface area contributed by atoms with Crippen molar-refractivity contribution in [3.8, 4) is 11.3 Å². The molecule has 3 aromatic rings. The number of H-pyrrole nitrogens is 1. The lowest BCUT2D eigenvalue weighted by atomic mass is 9.89. The molecule has 0 amide bonds. The minimum absolute atomic E-state index is 0.488. The van der Waals surface area contributed by atoms with Crippen LogP contribution in [-0.2, 0) is 6.42 Å². The van der Waals surface area contributed by atoms with E-state index in [9.17, 15) is 0 Å². The topological polar surface area (TPSA) is 31.9 Å². The molecule has 2 aromatic carbocycles. The first-order valence-electron chi connectivity index (χ1n) is 9.31. The molecule has 1 aliphatic heterocycles. The van der Waals surface area contributed by atoms with E-state index in [0.29, 0.717) is 6.04 Å². The summed E-state index contributed by atoms with van der Waals surface area (Å²) in [6, 6.07) is 21.3. The minimum atomic E-state index is 0.488. The predicted molar refractivity (Wildman–Crippen MR) is 109 cm³/mol. The Hall–Kier alpha value is -2.26. The molecular weight excluding hydrogens is 342 g/mol. The number of anilines is 1. The summed E-state index contributed by atoms with van der Waals surface area (Å²) in [5.74, 6) is 1.80. The van der Waals surface area contributed by atoms with E-state index in [1.807, 2.05) is 24.3 Å². The summed E-state index contributed by atoms with van der Waals surface area (Å²) in [5, 5.41) is 8.57. The second-order valence-electron chi connectivity index (χ2n) is 7.31. The van der Waals surface area contributed by atoms with E-state index >= 15 is 0 Å². The average molecular weight is 366 g/mol. The predicted octanol–water partition coefficient (Wildman–Crippen LogP) is 5.58. The molecule has 0 radical (unpaired) electrons. The second-order valence-corrected chi connectivity index (χ2v) is 7.75. The maximum Gasteiger partial charge on any atom is 0.151 e. The van der Waals surface area contributed by atoms with Gasteiger partial charge in [0.2, 0.25) is 0 Å². The molecule has 2 unspecified atom stereocenters. The molecule has 1 aliphatic rings. The highest BCUT2D eigenvalue weighted by molar-refractivity contribution is 6.30. The van der Waals surface area contributed by atoms with Gasteiger partial charge in [-0.1, -0.05) is 61.0 Å². The molecule has 1 N–H and O–H groups in total. The van der Waals surface area contributed by atoms with Crippen LogP contribution in [0.25, 0.3) is 11.3 Å². The Labute approximate surface area is 160 Å². The first-order chi connectivity index (χ1) is 12.7. The van der Waals surface area contributed by atoms with E-state index in [1.54, 1.807) is 0 Å². The fourth-order valence-electron chi connectivity index (χ4n) is 3.87. The number of nitrogens with one attached hydrogen (secondary N) is 1. The highest BCUT2D eigenvalue weighted by Crippen LogP contribution is 2.31. The molecule has 0 spiro atoms. The number of halogens is 1. The van der Waals surface area contributed by atoms with Crippen molar-refractivity contribution >= 4 is 17.4 Å². The third-order valence-electron chi connectivity index (χ3n) is 5.31. The standard InChI is InChI=1S/C22H24ClN3/c1-16-11-12-26(20(13-16)14-17-5-3-2-4-6-17)22-15-21(24-25-22)18-7-9-19(23)10-8-18/h2-10,15-16,20H,11-14H2,1H3,(H,24,25). The van der Waals surface area contributed by atoms with Crippen molar-refractivity contribution in [2.45, 2.75) is 32.2 Å². The Kier molecular flexibility index (Phi) is 4.98. The quantitative estimate of drug-likeness (QED) is 0.654. The van der Waals surface area contributed by atoms with Crippen molar-refractivity contribution in [3.63, 3.8) is 0 Å². The fourth-order valence-corrected chi connectivity index (χ4v) is 3.99. The van der Waals surface area contributed by atoms with E-state index in [2.05, 4.69) is 58.4 Å². The number of benzene rings is 2. The molecule has 3 nitrogen and oxygen atoms in total. The van der Waals surface area contributed by atoms with Crippen LogP contribution in [0.3, 0.4) is 0 Å². The molecule has 1 saturated heterocycles. The molecule has 4 heteroatoms. The Bertz CT molecular complexity index is 841. The smallest absolute Gasteiger partial charge is 0.151 e. The van der Waals surface area contributed by atoms with Crippen molar-refractivity contribution in [1.82, 2.24) is 10.2 Å². The monoisotopic (exact) mass is 365 g/mol. The highest BCUT2D eigenvalue weighted by Gasteiger charge is 2.28. The number of nitrogens with zero attached hydrogens (tertiary/aromatic N) is 2. The summed E-state index contributed by atoms with van der Waals surface area (Å²) >= 11 is 6.00. The summed E-state index contributed by atoms with van der Waals surface area (Å²) < 4.78 is 0. The summed E-state index contributed by atoms with van der Waals surface area (Å²) in [4.78, 5) is 2.48. The maximum absolute atomic E-state index is 6.00. The van der Waals surface area contributed by atoms with Gasteiger partial charge in [-0.05, 0) is 48.4 Å². The van der Waals surface area contributed by atoms with E-state index in [1.165, 1.54) is 18.4 Å². The molecule has 0 bridgehead atoms. The van der Waals surface area contributed by atoms with Gasteiger partial charge in [-0.3, -0.25) is 5.10 Å². The van der Waals surface area contributed by atoms with Gasteiger partial charge in [-0.15, -0.1) is 0 Å². The van der Waals surface area contributed by atoms with Crippen LogP contribution in [0.1, 0.15) is 25.3 Å². The van der Waals surface area contributed by atoms with Gasteiger partial charge in [0.1, 0.15) is 0 Å². The zero-order chi connectivity index (χ0) is 17.9.